The van der Waals surface area contributed by atoms with Crippen molar-refractivity contribution < 1.29 is 9.53 Å². The van der Waals surface area contributed by atoms with E-state index in [0.29, 0.717) is 6.54 Å². The summed E-state index contributed by atoms with van der Waals surface area (Å²) in [4.78, 5) is 15.9. The number of methoxy groups -OCH3 is 1. The van der Waals surface area contributed by atoms with Gasteiger partial charge in [0.25, 0.3) is 0 Å². The Bertz CT molecular complexity index is 634. The maximum atomic E-state index is 11.9. The molecular formula is C18H23N3O2. The van der Waals surface area contributed by atoms with Crippen molar-refractivity contribution in [2.75, 3.05) is 19.0 Å². The Hall–Kier alpha value is -2.56. The molecular weight excluding hydrogens is 290 g/mol. The highest BCUT2D eigenvalue weighted by molar-refractivity contribution is 5.89. The average molecular weight is 313 g/mol. The third-order valence-electron chi connectivity index (χ3n) is 3.60. The van der Waals surface area contributed by atoms with Gasteiger partial charge in [0.1, 0.15) is 5.75 Å². The van der Waals surface area contributed by atoms with Crippen LogP contribution in [0.15, 0.2) is 36.7 Å². The number of nitrogens with one attached hydrogen (secondary N) is 2. The number of benzene rings is 1. The van der Waals surface area contributed by atoms with E-state index in [4.69, 9.17) is 4.74 Å². The lowest BCUT2D eigenvalue weighted by Gasteiger charge is -2.12. The van der Waals surface area contributed by atoms with E-state index in [1.54, 1.807) is 19.5 Å². The number of hydrogen-bond donors (Lipinski definition) is 2. The van der Waals surface area contributed by atoms with E-state index < -0.39 is 0 Å². The number of rotatable bonds is 6. The Kier molecular flexibility index (Phi) is 5.97. The molecule has 5 heteroatoms. The van der Waals surface area contributed by atoms with Gasteiger partial charge >= 0.3 is 6.03 Å². The van der Waals surface area contributed by atoms with Crippen LogP contribution >= 0.6 is 0 Å². The molecule has 0 aliphatic carbocycles. The number of amides is 2. The first-order chi connectivity index (χ1) is 11.1. The molecule has 122 valence electrons. The van der Waals surface area contributed by atoms with Crippen LogP contribution in [0.3, 0.4) is 0 Å². The van der Waals surface area contributed by atoms with Crippen molar-refractivity contribution in [3.05, 3.63) is 53.3 Å². The second kappa shape index (κ2) is 8.17. The molecule has 5 nitrogen and oxygen atoms in total. The Labute approximate surface area is 137 Å². The number of carbonyl (C=O) groups excluding carboxylic acids is 1. The zero-order valence-corrected chi connectivity index (χ0v) is 13.8. The lowest BCUT2D eigenvalue weighted by atomic mass is 10.1. The summed E-state index contributed by atoms with van der Waals surface area (Å²) >= 11 is 0. The van der Waals surface area contributed by atoms with Crippen molar-refractivity contribution >= 4 is 11.7 Å². The molecule has 23 heavy (non-hydrogen) atoms. The number of aryl methyl sites for hydroxylation is 3. The second-order valence-corrected chi connectivity index (χ2v) is 5.48. The van der Waals surface area contributed by atoms with Gasteiger partial charge in [0, 0.05) is 24.6 Å². The lowest BCUT2D eigenvalue weighted by molar-refractivity contribution is 0.252. The average Bonchev–Trinajstić information content (AvgIpc) is 2.52. The fraction of sp³-hybridized carbons (Fsp3) is 0.333. The maximum Gasteiger partial charge on any atom is 0.319 e. The van der Waals surface area contributed by atoms with Crippen LogP contribution in [0.1, 0.15) is 23.1 Å². The van der Waals surface area contributed by atoms with Crippen LogP contribution in [0.5, 0.6) is 5.75 Å². The van der Waals surface area contributed by atoms with Gasteiger partial charge in [0.15, 0.2) is 0 Å². The number of pyridine rings is 1. The Morgan fingerprint density at radius 1 is 1.17 bits per heavy atom. The summed E-state index contributed by atoms with van der Waals surface area (Å²) in [6, 6.07) is 7.60. The number of urea groups is 1. The summed E-state index contributed by atoms with van der Waals surface area (Å²) < 4.78 is 5.32. The van der Waals surface area contributed by atoms with Crippen LogP contribution in [-0.2, 0) is 6.42 Å². The molecule has 0 saturated carbocycles. The third-order valence-corrected chi connectivity index (χ3v) is 3.60. The molecule has 0 aliphatic heterocycles. The first-order valence-corrected chi connectivity index (χ1v) is 7.69. The van der Waals surface area contributed by atoms with Crippen LogP contribution in [0.2, 0.25) is 0 Å². The van der Waals surface area contributed by atoms with Gasteiger partial charge in [0.05, 0.1) is 7.11 Å². The van der Waals surface area contributed by atoms with E-state index in [-0.39, 0.29) is 6.03 Å². The smallest absolute Gasteiger partial charge is 0.319 e. The molecule has 1 aromatic carbocycles. The van der Waals surface area contributed by atoms with Crippen molar-refractivity contribution in [2.45, 2.75) is 26.7 Å². The van der Waals surface area contributed by atoms with Gasteiger partial charge in [-0.1, -0.05) is 0 Å². The van der Waals surface area contributed by atoms with Crippen LogP contribution in [0.25, 0.3) is 0 Å². The number of ether oxygens (including phenoxy) is 1. The minimum atomic E-state index is -0.191. The molecule has 0 saturated heterocycles. The van der Waals surface area contributed by atoms with Crippen LogP contribution in [0.4, 0.5) is 10.5 Å². The Morgan fingerprint density at radius 3 is 2.43 bits per heavy atom. The number of carbonyl (C=O) groups is 1. The van der Waals surface area contributed by atoms with Crippen molar-refractivity contribution in [3.63, 3.8) is 0 Å². The monoisotopic (exact) mass is 313 g/mol. The third kappa shape index (κ3) is 4.98. The summed E-state index contributed by atoms with van der Waals surface area (Å²) in [7, 11) is 1.65. The number of anilines is 1. The molecule has 1 aromatic heterocycles. The first kappa shape index (κ1) is 16.8. The second-order valence-electron chi connectivity index (χ2n) is 5.48. The fourth-order valence-electron chi connectivity index (χ4n) is 2.56. The SMILES string of the molecule is COc1c(C)cc(NC(=O)NCCCc2ccncc2)cc1C. The van der Waals surface area contributed by atoms with E-state index in [1.807, 2.05) is 38.1 Å². The maximum absolute atomic E-state index is 11.9. The number of hydrogen-bond acceptors (Lipinski definition) is 3. The topological polar surface area (TPSA) is 63.2 Å². The van der Waals surface area contributed by atoms with Crippen molar-refractivity contribution in [1.29, 1.82) is 0 Å². The Balaban J connectivity index is 1.79. The highest BCUT2D eigenvalue weighted by atomic mass is 16.5. The normalized spacial score (nSPS) is 10.2. The van der Waals surface area contributed by atoms with Crippen molar-refractivity contribution in [1.82, 2.24) is 10.3 Å². The van der Waals surface area contributed by atoms with E-state index >= 15 is 0 Å². The van der Waals surface area contributed by atoms with Crippen LogP contribution < -0.4 is 15.4 Å². The predicted octanol–water partition coefficient (Wildman–Crippen LogP) is 3.46. The fourth-order valence-corrected chi connectivity index (χ4v) is 2.56. The predicted molar refractivity (Wildman–Crippen MR) is 92.0 cm³/mol. The summed E-state index contributed by atoms with van der Waals surface area (Å²) in [5.41, 5.74) is 4.00. The molecule has 2 amide bonds. The molecule has 0 bridgehead atoms. The molecule has 2 aromatic rings. The highest BCUT2D eigenvalue weighted by Gasteiger charge is 2.07. The summed E-state index contributed by atoms with van der Waals surface area (Å²) in [5.74, 6) is 0.855. The molecule has 2 N–H and O–H groups in total. The first-order valence-electron chi connectivity index (χ1n) is 7.69. The summed E-state index contributed by atoms with van der Waals surface area (Å²) in [6.45, 7) is 4.55. The van der Waals surface area contributed by atoms with Gasteiger partial charge in [-0.25, -0.2) is 4.79 Å². The van der Waals surface area contributed by atoms with Crippen LogP contribution in [0, 0.1) is 13.8 Å². The lowest BCUT2D eigenvalue weighted by Crippen LogP contribution is -2.29. The minimum Gasteiger partial charge on any atom is -0.496 e. The zero-order valence-electron chi connectivity index (χ0n) is 13.8. The Morgan fingerprint density at radius 2 is 1.83 bits per heavy atom. The minimum absolute atomic E-state index is 0.191. The standard InChI is InChI=1S/C18H23N3O2/c1-13-11-16(12-14(2)17(13)23-3)21-18(22)20-8-4-5-15-6-9-19-10-7-15/h6-7,9-12H,4-5,8H2,1-3H3,(H2,20,21,22). The van der Waals surface area contributed by atoms with Crippen molar-refractivity contribution in [2.24, 2.45) is 0 Å². The molecule has 0 radical (unpaired) electrons. The van der Waals surface area contributed by atoms with Crippen molar-refractivity contribution in [3.8, 4) is 5.75 Å². The molecule has 0 atom stereocenters. The molecule has 0 fully saturated rings. The zero-order chi connectivity index (χ0) is 16.7. The summed E-state index contributed by atoms with van der Waals surface area (Å²) in [6.07, 6.45) is 5.37. The van der Waals surface area contributed by atoms with Gasteiger partial charge in [-0.2, -0.15) is 0 Å². The van der Waals surface area contributed by atoms with Gasteiger partial charge in [0.2, 0.25) is 0 Å². The molecule has 2 rings (SSSR count). The summed E-state index contributed by atoms with van der Waals surface area (Å²) in [5, 5.41) is 5.73. The molecule has 0 unspecified atom stereocenters. The van der Waals surface area contributed by atoms with Gasteiger partial charge in [-0.05, 0) is 67.6 Å². The largest absolute Gasteiger partial charge is 0.496 e. The van der Waals surface area contributed by atoms with Gasteiger partial charge < -0.3 is 15.4 Å². The quantitative estimate of drug-likeness (QED) is 0.803. The van der Waals surface area contributed by atoms with E-state index in [9.17, 15) is 4.79 Å². The number of nitrogens with zero attached hydrogens (tertiary/aromatic N) is 1. The van der Waals surface area contributed by atoms with E-state index in [2.05, 4.69) is 15.6 Å². The highest BCUT2D eigenvalue weighted by Crippen LogP contribution is 2.26. The molecule has 0 spiro atoms. The van der Waals surface area contributed by atoms with Gasteiger partial charge in [-0.3, -0.25) is 4.98 Å². The van der Waals surface area contributed by atoms with Crippen LogP contribution in [-0.4, -0.2) is 24.7 Å². The molecule has 1 heterocycles. The van der Waals surface area contributed by atoms with E-state index in [0.717, 1.165) is 35.4 Å². The molecule has 0 aliphatic rings. The van der Waals surface area contributed by atoms with Gasteiger partial charge in [-0.15, -0.1) is 0 Å². The number of aromatic nitrogens is 1. The van der Waals surface area contributed by atoms with E-state index in [1.165, 1.54) is 5.56 Å².